The fourth-order valence-electron chi connectivity index (χ4n) is 3.90. The summed E-state index contributed by atoms with van der Waals surface area (Å²) in [6, 6.07) is 0. The van der Waals surface area contributed by atoms with Crippen molar-refractivity contribution in [1.82, 2.24) is 0 Å². The minimum absolute atomic E-state index is 0.161. The van der Waals surface area contributed by atoms with Gasteiger partial charge in [0.25, 0.3) is 0 Å². The average molecular weight is 477 g/mol. The molecule has 0 saturated carbocycles. The Balaban J connectivity index is 2.68. The van der Waals surface area contributed by atoms with Gasteiger partial charge in [0.1, 0.15) is 0 Å². The molecule has 1 aliphatic rings. The van der Waals surface area contributed by atoms with Crippen LogP contribution in [0.5, 0.6) is 0 Å². The number of hydrogen-bond donors (Lipinski definition) is 0. The molecule has 0 aromatic rings. The molecular formula is C28H44O6. The number of allylic oxidation sites excluding steroid dienone is 4. The highest BCUT2D eigenvalue weighted by Crippen LogP contribution is 2.40. The van der Waals surface area contributed by atoms with E-state index in [0.29, 0.717) is 74.7 Å². The molecule has 0 heterocycles. The highest BCUT2D eigenvalue weighted by Gasteiger charge is 2.36. The van der Waals surface area contributed by atoms with Gasteiger partial charge in [-0.05, 0) is 60.5 Å². The van der Waals surface area contributed by atoms with Crippen LogP contribution >= 0.6 is 0 Å². The Labute approximate surface area is 205 Å². The zero-order chi connectivity index (χ0) is 26.1. The van der Waals surface area contributed by atoms with E-state index in [0.717, 1.165) is 0 Å². The maximum atomic E-state index is 13.0. The SMILES string of the molecule is CC(C)COC(=O)CCCC(C)(C)C1=CC(=O)C(C(C)(C)CCCC(=O)OCC(C)C)=CC1=O. The van der Waals surface area contributed by atoms with Crippen molar-refractivity contribution < 1.29 is 28.7 Å². The fraction of sp³-hybridized carbons (Fsp3) is 0.714. The second-order valence-electron chi connectivity index (χ2n) is 11.5. The summed E-state index contributed by atoms with van der Waals surface area (Å²) in [5.74, 6) is -0.207. The van der Waals surface area contributed by atoms with E-state index in [1.807, 2.05) is 55.4 Å². The highest BCUT2D eigenvalue weighted by atomic mass is 16.5. The van der Waals surface area contributed by atoms with Crippen LogP contribution in [-0.2, 0) is 28.7 Å². The molecule has 0 N–H and O–H groups in total. The third-order valence-corrected chi connectivity index (χ3v) is 6.06. The van der Waals surface area contributed by atoms with Gasteiger partial charge in [0.15, 0.2) is 11.6 Å². The van der Waals surface area contributed by atoms with Crippen LogP contribution in [0.2, 0.25) is 0 Å². The van der Waals surface area contributed by atoms with E-state index in [4.69, 9.17) is 9.47 Å². The number of hydrogen-bond acceptors (Lipinski definition) is 6. The molecule has 6 nitrogen and oxygen atoms in total. The lowest BCUT2D eigenvalue weighted by molar-refractivity contribution is -0.145. The van der Waals surface area contributed by atoms with Crippen LogP contribution in [0.3, 0.4) is 0 Å². The quantitative estimate of drug-likeness (QED) is 0.233. The second kappa shape index (κ2) is 13.0. The summed E-state index contributed by atoms with van der Waals surface area (Å²) in [6.07, 6.45) is 5.87. The lowest BCUT2D eigenvalue weighted by Crippen LogP contribution is -2.30. The van der Waals surface area contributed by atoms with Crippen molar-refractivity contribution in [3.05, 3.63) is 23.3 Å². The molecular weight excluding hydrogens is 432 g/mol. The lowest BCUT2D eigenvalue weighted by atomic mass is 9.70. The smallest absolute Gasteiger partial charge is 0.305 e. The maximum absolute atomic E-state index is 13.0. The van der Waals surface area contributed by atoms with Crippen molar-refractivity contribution in [2.75, 3.05) is 13.2 Å². The third-order valence-electron chi connectivity index (χ3n) is 6.06. The Kier molecular flexibility index (Phi) is 11.4. The Bertz CT molecular complexity index is 743. The number of ether oxygens (including phenoxy) is 2. The standard InChI is InChI=1S/C28H44O6/c1-19(2)17-33-25(31)11-9-13-27(5,6)21-15-24(30)22(16-23(21)29)28(7,8)14-10-12-26(32)34-18-20(3)4/h15-16,19-20H,9-14,17-18H2,1-8H3. The molecule has 1 aliphatic carbocycles. The summed E-state index contributed by atoms with van der Waals surface area (Å²) in [6.45, 7) is 16.5. The first-order valence-corrected chi connectivity index (χ1v) is 12.5. The van der Waals surface area contributed by atoms with E-state index in [9.17, 15) is 19.2 Å². The summed E-state index contributed by atoms with van der Waals surface area (Å²) < 4.78 is 10.4. The van der Waals surface area contributed by atoms with Crippen LogP contribution in [0.1, 0.15) is 93.9 Å². The van der Waals surface area contributed by atoms with Gasteiger partial charge in [0.05, 0.1) is 13.2 Å². The third kappa shape index (κ3) is 9.94. The van der Waals surface area contributed by atoms with Crippen LogP contribution in [-0.4, -0.2) is 36.7 Å². The zero-order valence-corrected chi connectivity index (χ0v) is 22.4. The van der Waals surface area contributed by atoms with Crippen molar-refractivity contribution in [3.63, 3.8) is 0 Å². The van der Waals surface area contributed by atoms with E-state index < -0.39 is 10.8 Å². The summed E-state index contributed by atoms with van der Waals surface area (Å²) in [5, 5.41) is 0. The van der Waals surface area contributed by atoms with E-state index >= 15 is 0 Å². The van der Waals surface area contributed by atoms with Gasteiger partial charge in [0.2, 0.25) is 0 Å². The molecule has 1 rings (SSSR count). The monoisotopic (exact) mass is 476 g/mol. The average Bonchev–Trinajstić information content (AvgIpc) is 2.71. The molecule has 0 fully saturated rings. The van der Waals surface area contributed by atoms with E-state index in [1.54, 1.807) is 0 Å². The van der Waals surface area contributed by atoms with Crippen LogP contribution in [0.25, 0.3) is 0 Å². The molecule has 0 aromatic heterocycles. The van der Waals surface area contributed by atoms with Gasteiger partial charge in [-0.1, -0.05) is 55.4 Å². The van der Waals surface area contributed by atoms with Gasteiger partial charge in [-0.25, -0.2) is 0 Å². The number of rotatable bonds is 14. The Morgan fingerprint density at radius 1 is 0.706 bits per heavy atom. The number of esters is 2. The number of ketones is 2. The molecule has 192 valence electrons. The molecule has 0 aliphatic heterocycles. The summed E-state index contributed by atoms with van der Waals surface area (Å²) in [4.78, 5) is 49.7. The Morgan fingerprint density at radius 3 is 1.32 bits per heavy atom. The fourth-order valence-corrected chi connectivity index (χ4v) is 3.90. The second-order valence-corrected chi connectivity index (χ2v) is 11.5. The molecule has 0 saturated heterocycles. The van der Waals surface area contributed by atoms with Gasteiger partial charge in [0, 0.05) is 24.0 Å². The van der Waals surface area contributed by atoms with Crippen LogP contribution in [0.15, 0.2) is 23.3 Å². The predicted molar refractivity (Wildman–Crippen MR) is 133 cm³/mol. The van der Waals surface area contributed by atoms with E-state index in [-0.39, 0.29) is 23.5 Å². The van der Waals surface area contributed by atoms with Crippen molar-refractivity contribution in [2.24, 2.45) is 22.7 Å². The minimum atomic E-state index is -0.530. The van der Waals surface area contributed by atoms with Gasteiger partial charge in [-0.15, -0.1) is 0 Å². The molecule has 0 aromatic carbocycles. The first kappa shape index (κ1) is 29.8. The molecule has 0 radical (unpaired) electrons. The van der Waals surface area contributed by atoms with Crippen LogP contribution in [0, 0.1) is 22.7 Å². The predicted octanol–water partition coefficient (Wildman–Crippen LogP) is 5.78. The van der Waals surface area contributed by atoms with Gasteiger partial charge < -0.3 is 9.47 Å². The molecule has 0 unspecified atom stereocenters. The van der Waals surface area contributed by atoms with Crippen LogP contribution in [0.4, 0.5) is 0 Å². The Hall–Kier alpha value is -2.24. The maximum Gasteiger partial charge on any atom is 0.305 e. The van der Waals surface area contributed by atoms with Crippen molar-refractivity contribution in [3.8, 4) is 0 Å². The number of carbonyl (C=O) groups is 4. The molecule has 6 heteroatoms. The van der Waals surface area contributed by atoms with E-state index in [2.05, 4.69) is 0 Å². The first-order valence-electron chi connectivity index (χ1n) is 12.5. The first-order chi connectivity index (χ1) is 15.7. The Morgan fingerprint density at radius 2 is 1.03 bits per heavy atom. The summed E-state index contributed by atoms with van der Waals surface area (Å²) in [7, 11) is 0. The van der Waals surface area contributed by atoms with Crippen molar-refractivity contribution in [1.29, 1.82) is 0 Å². The van der Waals surface area contributed by atoms with E-state index in [1.165, 1.54) is 12.2 Å². The van der Waals surface area contributed by atoms with Crippen LogP contribution < -0.4 is 0 Å². The van der Waals surface area contributed by atoms with Gasteiger partial charge in [-0.3, -0.25) is 19.2 Å². The van der Waals surface area contributed by atoms with Gasteiger partial charge >= 0.3 is 11.9 Å². The molecule has 0 amide bonds. The topological polar surface area (TPSA) is 86.7 Å². The lowest BCUT2D eigenvalue weighted by Gasteiger charge is -2.32. The summed E-state index contributed by atoms with van der Waals surface area (Å²) in [5.41, 5.74) is -0.107. The van der Waals surface area contributed by atoms with Crippen molar-refractivity contribution in [2.45, 2.75) is 93.9 Å². The zero-order valence-electron chi connectivity index (χ0n) is 22.4. The largest absolute Gasteiger partial charge is 0.465 e. The molecule has 0 spiro atoms. The number of carbonyl (C=O) groups excluding carboxylic acids is 4. The summed E-state index contributed by atoms with van der Waals surface area (Å²) >= 11 is 0. The molecule has 0 atom stereocenters. The highest BCUT2D eigenvalue weighted by molar-refractivity contribution is 6.20. The normalized spacial score (nSPS) is 14.9. The minimum Gasteiger partial charge on any atom is -0.465 e. The molecule has 34 heavy (non-hydrogen) atoms. The van der Waals surface area contributed by atoms with Crippen molar-refractivity contribution >= 4 is 23.5 Å². The van der Waals surface area contributed by atoms with Gasteiger partial charge in [-0.2, -0.15) is 0 Å². The molecule has 0 bridgehead atoms.